The molecule has 2 atom stereocenters. The van der Waals surface area contributed by atoms with Gasteiger partial charge in [0.05, 0.1) is 0 Å². The minimum Gasteiger partial charge on any atom is -0.444 e. The lowest BCUT2D eigenvalue weighted by molar-refractivity contribution is -0.142. The molecule has 0 aliphatic heterocycles. The molecule has 2 N–H and O–H groups in total. The first-order valence-electron chi connectivity index (χ1n) is 13.3. The van der Waals surface area contributed by atoms with E-state index in [1.807, 2.05) is 60.7 Å². The number of ether oxygens (including phenoxy) is 1. The first kappa shape index (κ1) is 29.9. The van der Waals surface area contributed by atoms with E-state index in [0.717, 1.165) is 43.2 Å². The number of carbonyl (C=O) groups is 3. The lowest BCUT2D eigenvalue weighted by Gasteiger charge is -2.33. The van der Waals surface area contributed by atoms with Gasteiger partial charge in [-0.15, -0.1) is 0 Å². The lowest BCUT2D eigenvalue weighted by atomic mass is 10.0. The van der Waals surface area contributed by atoms with Crippen molar-refractivity contribution >= 4 is 17.9 Å². The van der Waals surface area contributed by atoms with Gasteiger partial charge >= 0.3 is 6.09 Å². The normalized spacial score (nSPS) is 12.8. The standard InChI is InChI=1S/C30H43N3O4/c1-6-7-8-9-16-21-33(28(35)23(2)32-29(36)37-30(3,4)5)26(25-19-14-11-15-20-25)27(34)31-22-24-17-12-10-13-18-24/h10-15,17-20,23,26H,6-9,16,21-22H2,1-5H3,(H,31,34)(H,32,36). The van der Waals surface area contributed by atoms with E-state index in [1.165, 1.54) is 0 Å². The summed E-state index contributed by atoms with van der Waals surface area (Å²) in [5.74, 6) is -0.591. The fourth-order valence-electron chi connectivity index (χ4n) is 4.04. The van der Waals surface area contributed by atoms with Gasteiger partial charge in [-0.05, 0) is 45.2 Å². The third kappa shape index (κ3) is 10.7. The highest BCUT2D eigenvalue weighted by Crippen LogP contribution is 2.24. The second-order valence-electron chi connectivity index (χ2n) is 10.3. The molecular weight excluding hydrogens is 466 g/mol. The molecule has 0 saturated carbocycles. The summed E-state index contributed by atoms with van der Waals surface area (Å²) < 4.78 is 5.34. The zero-order chi connectivity index (χ0) is 27.3. The van der Waals surface area contributed by atoms with E-state index in [0.29, 0.717) is 13.1 Å². The van der Waals surface area contributed by atoms with Crippen LogP contribution in [0, 0.1) is 0 Å². The third-order valence-corrected chi connectivity index (χ3v) is 5.87. The predicted octanol–water partition coefficient (Wildman–Crippen LogP) is 5.76. The Hall–Kier alpha value is -3.35. The van der Waals surface area contributed by atoms with E-state index in [4.69, 9.17) is 4.74 Å². The maximum absolute atomic E-state index is 13.7. The van der Waals surface area contributed by atoms with E-state index in [-0.39, 0.29) is 11.8 Å². The Morgan fingerprint density at radius 3 is 2.08 bits per heavy atom. The molecule has 0 aromatic heterocycles. The molecule has 37 heavy (non-hydrogen) atoms. The fraction of sp³-hybridized carbons (Fsp3) is 0.500. The van der Waals surface area contributed by atoms with Crippen LogP contribution in [0.4, 0.5) is 4.79 Å². The highest BCUT2D eigenvalue weighted by molar-refractivity contribution is 5.92. The molecule has 3 amide bonds. The number of alkyl carbamates (subject to hydrolysis) is 1. The Bertz CT molecular complexity index is 973. The van der Waals surface area contributed by atoms with Gasteiger partial charge < -0.3 is 20.3 Å². The van der Waals surface area contributed by atoms with Crippen LogP contribution in [-0.2, 0) is 20.9 Å². The summed E-state index contributed by atoms with van der Waals surface area (Å²) >= 11 is 0. The van der Waals surface area contributed by atoms with E-state index < -0.39 is 23.8 Å². The molecule has 0 spiro atoms. The number of nitrogens with one attached hydrogen (secondary N) is 2. The van der Waals surface area contributed by atoms with E-state index in [1.54, 1.807) is 32.6 Å². The monoisotopic (exact) mass is 509 g/mol. The molecule has 0 fully saturated rings. The Morgan fingerprint density at radius 1 is 0.892 bits per heavy atom. The number of carbonyl (C=O) groups excluding carboxylic acids is 3. The molecular formula is C30H43N3O4. The SMILES string of the molecule is CCCCCCCN(C(=O)C(C)NC(=O)OC(C)(C)C)C(C(=O)NCc1ccccc1)c1ccccc1. The summed E-state index contributed by atoms with van der Waals surface area (Å²) in [7, 11) is 0. The van der Waals surface area contributed by atoms with Crippen molar-refractivity contribution in [3.63, 3.8) is 0 Å². The minimum absolute atomic E-state index is 0.263. The maximum Gasteiger partial charge on any atom is 0.408 e. The van der Waals surface area contributed by atoms with Crippen molar-refractivity contribution in [3.05, 3.63) is 71.8 Å². The molecule has 2 rings (SSSR count). The van der Waals surface area contributed by atoms with Gasteiger partial charge in [-0.1, -0.05) is 93.3 Å². The molecule has 2 unspecified atom stereocenters. The Kier molecular flexibility index (Phi) is 12.1. The van der Waals surface area contributed by atoms with Gasteiger partial charge in [0, 0.05) is 13.1 Å². The molecule has 202 valence electrons. The van der Waals surface area contributed by atoms with Crippen molar-refractivity contribution in [2.75, 3.05) is 6.54 Å². The molecule has 0 saturated heterocycles. The van der Waals surface area contributed by atoms with Gasteiger partial charge in [-0.2, -0.15) is 0 Å². The number of nitrogens with zero attached hydrogens (tertiary/aromatic N) is 1. The van der Waals surface area contributed by atoms with Crippen LogP contribution in [0.3, 0.4) is 0 Å². The van der Waals surface area contributed by atoms with Crippen molar-refractivity contribution < 1.29 is 19.1 Å². The average Bonchev–Trinajstić information content (AvgIpc) is 2.86. The van der Waals surface area contributed by atoms with Crippen molar-refractivity contribution in [1.82, 2.24) is 15.5 Å². The quantitative estimate of drug-likeness (QED) is 0.336. The van der Waals surface area contributed by atoms with E-state index in [2.05, 4.69) is 17.6 Å². The summed E-state index contributed by atoms with van der Waals surface area (Å²) in [4.78, 5) is 41.3. The average molecular weight is 510 g/mol. The topological polar surface area (TPSA) is 87.7 Å². The number of amides is 3. The van der Waals surface area contributed by atoms with Crippen LogP contribution in [-0.4, -0.2) is 41.0 Å². The van der Waals surface area contributed by atoms with Gasteiger partial charge in [0.1, 0.15) is 17.7 Å². The van der Waals surface area contributed by atoms with Gasteiger partial charge in [0.15, 0.2) is 0 Å². The smallest absolute Gasteiger partial charge is 0.408 e. The van der Waals surface area contributed by atoms with E-state index >= 15 is 0 Å². The largest absolute Gasteiger partial charge is 0.444 e. The van der Waals surface area contributed by atoms with Crippen LogP contribution in [0.5, 0.6) is 0 Å². The zero-order valence-corrected chi connectivity index (χ0v) is 23.0. The van der Waals surface area contributed by atoms with Crippen LogP contribution in [0.25, 0.3) is 0 Å². The first-order chi connectivity index (χ1) is 17.6. The Morgan fingerprint density at radius 2 is 1.49 bits per heavy atom. The summed E-state index contributed by atoms with van der Waals surface area (Å²) in [5, 5.41) is 5.66. The molecule has 0 radical (unpaired) electrons. The molecule has 0 aliphatic carbocycles. The van der Waals surface area contributed by atoms with Gasteiger partial charge in [0.25, 0.3) is 0 Å². The zero-order valence-electron chi connectivity index (χ0n) is 23.0. The van der Waals surface area contributed by atoms with Gasteiger partial charge in [-0.3, -0.25) is 9.59 Å². The molecule has 0 heterocycles. The van der Waals surface area contributed by atoms with Crippen molar-refractivity contribution in [1.29, 1.82) is 0 Å². The Labute approximate surface area is 222 Å². The highest BCUT2D eigenvalue weighted by Gasteiger charge is 2.34. The molecule has 0 bridgehead atoms. The number of unbranched alkanes of at least 4 members (excludes halogenated alkanes) is 4. The number of benzene rings is 2. The fourth-order valence-corrected chi connectivity index (χ4v) is 4.04. The van der Waals surface area contributed by atoms with Crippen molar-refractivity contribution in [3.8, 4) is 0 Å². The van der Waals surface area contributed by atoms with Gasteiger partial charge in [0.2, 0.25) is 11.8 Å². The molecule has 7 heteroatoms. The summed E-state index contributed by atoms with van der Waals surface area (Å²) in [6.07, 6.45) is 4.37. The second-order valence-corrected chi connectivity index (χ2v) is 10.3. The highest BCUT2D eigenvalue weighted by atomic mass is 16.6. The van der Waals surface area contributed by atoms with Crippen molar-refractivity contribution in [2.45, 2.75) is 91.0 Å². The molecule has 0 aliphatic rings. The van der Waals surface area contributed by atoms with Crippen LogP contribution in [0.1, 0.15) is 83.9 Å². The van der Waals surface area contributed by atoms with Gasteiger partial charge in [-0.25, -0.2) is 4.79 Å². The number of hydrogen-bond donors (Lipinski definition) is 2. The number of hydrogen-bond acceptors (Lipinski definition) is 4. The van der Waals surface area contributed by atoms with Crippen LogP contribution >= 0.6 is 0 Å². The minimum atomic E-state index is -0.862. The second kappa shape index (κ2) is 15.0. The predicted molar refractivity (Wildman–Crippen MR) is 147 cm³/mol. The summed E-state index contributed by atoms with van der Waals surface area (Å²) in [6.45, 7) is 9.84. The first-order valence-corrected chi connectivity index (χ1v) is 13.3. The van der Waals surface area contributed by atoms with Crippen molar-refractivity contribution in [2.24, 2.45) is 0 Å². The third-order valence-electron chi connectivity index (χ3n) is 5.87. The Balaban J connectivity index is 2.29. The van der Waals surface area contributed by atoms with Crippen LogP contribution in [0.2, 0.25) is 0 Å². The maximum atomic E-state index is 13.7. The number of rotatable bonds is 13. The molecule has 2 aromatic rings. The molecule has 7 nitrogen and oxygen atoms in total. The summed E-state index contributed by atoms with van der Waals surface area (Å²) in [6, 6.07) is 17.3. The van der Waals surface area contributed by atoms with Crippen LogP contribution < -0.4 is 10.6 Å². The van der Waals surface area contributed by atoms with Crippen LogP contribution in [0.15, 0.2) is 60.7 Å². The lowest BCUT2D eigenvalue weighted by Crippen LogP contribution is -2.52. The molecule has 2 aromatic carbocycles. The van der Waals surface area contributed by atoms with E-state index in [9.17, 15) is 14.4 Å². The summed E-state index contributed by atoms with van der Waals surface area (Å²) in [5.41, 5.74) is 1.01.